The Labute approximate surface area is 175 Å². The summed E-state index contributed by atoms with van der Waals surface area (Å²) in [6.07, 6.45) is 0. The molecule has 1 aromatic heterocycles. The molecule has 1 aliphatic rings. The number of amides is 1. The van der Waals surface area contributed by atoms with Crippen LogP contribution in [0.4, 0.5) is 16.5 Å². The number of carbonyl (C=O) groups is 1. The van der Waals surface area contributed by atoms with E-state index in [4.69, 9.17) is 9.72 Å². The van der Waals surface area contributed by atoms with Gasteiger partial charge in [0.05, 0.1) is 30.0 Å². The summed E-state index contributed by atoms with van der Waals surface area (Å²) in [6.45, 7) is 7.74. The van der Waals surface area contributed by atoms with E-state index < -0.39 is 0 Å². The van der Waals surface area contributed by atoms with Crippen molar-refractivity contribution in [2.75, 3.05) is 55.0 Å². The van der Waals surface area contributed by atoms with Gasteiger partial charge >= 0.3 is 0 Å². The zero-order valence-corrected chi connectivity index (χ0v) is 17.9. The molecule has 7 heteroatoms. The van der Waals surface area contributed by atoms with Crippen molar-refractivity contribution >= 4 is 44.0 Å². The number of anilines is 3. The molecule has 1 aliphatic heterocycles. The van der Waals surface area contributed by atoms with Crippen molar-refractivity contribution in [1.29, 1.82) is 0 Å². The molecule has 0 spiro atoms. The molecule has 1 amide bonds. The number of nitrogens with one attached hydrogen (secondary N) is 1. The van der Waals surface area contributed by atoms with Crippen molar-refractivity contribution in [2.24, 2.45) is 0 Å². The number of likely N-dealkylation sites (N-methyl/N-ethyl adjacent to an activating group) is 1. The minimum absolute atomic E-state index is 0.0562. The van der Waals surface area contributed by atoms with Gasteiger partial charge in [-0.15, -0.1) is 0 Å². The number of morpholine rings is 1. The first-order valence-electron chi connectivity index (χ1n) is 9.82. The van der Waals surface area contributed by atoms with Crippen LogP contribution in [0.5, 0.6) is 0 Å². The van der Waals surface area contributed by atoms with Gasteiger partial charge in [0.2, 0.25) is 5.91 Å². The quantitative estimate of drug-likeness (QED) is 0.693. The average Bonchev–Trinajstić information content (AvgIpc) is 3.19. The van der Waals surface area contributed by atoms with E-state index in [2.05, 4.69) is 36.2 Å². The highest BCUT2D eigenvalue weighted by Crippen LogP contribution is 2.32. The zero-order chi connectivity index (χ0) is 20.4. The highest BCUT2D eigenvalue weighted by Gasteiger charge is 2.15. The summed E-state index contributed by atoms with van der Waals surface area (Å²) in [7, 11) is 1.91. The van der Waals surface area contributed by atoms with Gasteiger partial charge in [0.25, 0.3) is 0 Å². The van der Waals surface area contributed by atoms with Gasteiger partial charge in [0.15, 0.2) is 5.13 Å². The molecular weight excluding hydrogens is 384 g/mol. The van der Waals surface area contributed by atoms with Gasteiger partial charge in [-0.2, -0.15) is 0 Å². The normalized spacial score (nSPS) is 14.2. The Hall–Kier alpha value is -2.64. The summed E-state index contributed by atoms with van der Waals surface area (Å²) in [6, 6.07) is 12.2. The second-order valence-electron chi connectivity index (χ2n) is 7.42. The van der Waals surface area contributed by atoms with Gasteiger partial charge in [-0.05, 0) is 49.2 Å². The first-order valence-corrected chi connectivity index (χ1v) is 10.6. The highest BCUT2D eigenvalue weighted by molar-refractivity contribution is 7.22. The van der Waals surface area contributed by atoms with Gasteiger partial charge in [-0.1, -0.05) is 23.5 Å². The number of hydrogen-bond acceptors (Lipinski definition) is 6. The van der Waals surface area contributed by atoms with Crippen molar-refractivity contribution < 1.29 is 9.53 Å². The summed E-state index contributed by atoms with van der Waals surface area (Å²) in [5, 5.41) is 3.84. The van der Waals surface area contributed by atoms with Crippen LogP contribution in [-0.2, 0) is 9.53 Å². The minimum Gasteiger partial charge on any atom is -0.378 e. The van der Waals surface area contributed by atoms with Crippen LogP contribution in [0.2, 0.25) is 0 Å². The number of ether oxygens (including phenoxy) is 1. The number of fused-ring (bicyclic) bond motifs is 1. The van der Waals surface area contributed by atoms with Crippen molar-refractivity contribution in [2.45, 2.75) is 13.8 Å². The average molecular weight is 411 g/mol. The topological polar surface area (TPSA) is 57.7 Å². The van der Waals surface area contributed by atoms with Crippen LogP contribution in [0.1, 0.15) is 11.1 Å². The van der Waals surface area contributed by atoms with Gasteiger partial charge in [-0.25, -0.2) is 4.98 Å². The Morgan fingerprint density at radius 1 is 1.14 bits per heavy atom. The van der Waals surface area contributed by atoms with Gasteiger partial charge in [0.1, 0.15) is 0 Å². The lowest BCUT2D eigenvalue weighted by molar-refractivity contribution is -0.114. The second-order valence-corrected chi connectivity index (χ2v) is 8.40. The van der Waals surface area contributed by atoms with Crippen LogP contribution < -0.4 is 15.1 Å². The SMILES string of the molecule is Cc1ccc(C)c2sc(N(C)CC(=O)Nc3ccc(N4CCOCC4)cc3)nc12. The van der Waals surface area contributed by atoms with Crippen LogP contribution in [0.25, 0.3) is 10.2 Å². The summed E-state index contributed by atoms with van der Waals surface area (Å²) in [5.74, 6) is -0.0562. The predicted molar refractivity (Wildman–Crippen MR) is 120 cm³/mol. The van der Waals surface area contributed by atoms with E-state index in [1.54, 1.807) is 11.3 Å². The number of carbonyl (C=O) groups excluding carboxylic acids is 1. The Morgan fingerprint density at radius 2 is 1.83 bits per heavy atom. The number of hydrogen-bond donors (Lipinski definition) is 1. The van der Waals surface area contributed by atoms with Crippen molar-refractivity contribution in [3.8, 4) is 0 Å². The van der Waals surface area contributed by atoms with Crippen LogP contribution >= 0.6 is 11.3 Å². The first kappa shape index (κ1) is 19.7. The maximum absolute atomic E-state index is 12.5. The number of benzene rings is 2. The third-order valence-corrected chi connectivity index (χ3v) is 6.47. The summed E-state index contributed by atoms with van der Waals surface area (Å²) < 4.78 is 6.58. The summed E-state index contributed by atoms with van der Waals surface area (Å²) >= 11 is 1.63. The fourth-order valence-electron chi connectivity index (χ4n) is 3.47. The predicted octanol–water partition coefficient (Wildman–Crippen LogP) is 3.82. The monoisotopic (exact) mass is 410 g/mol. The third-order valence-electron chi connectivity index (χ3n) is 5.17. The lowest BCUT2D eigenvalue weighted by atomic mass is 10.1. The first-order chi connectivity index (χ1) is 14.0. The Kier molecular flexibility index (Phi) is 5.69. The largest absolute Gasteiger partial charge is 0.378 e. The maximum Gasteiger partial charge on any atom is 0.243 e. The molecule has 0 unspecified atom stereocenters. The number of thiazole rings is 1. The van der Waals surface area contributed by atoms with Gasteiger partial charge < -0.3 is 19.9 Å². The number of rotatable bonds is 5. The van der Waals surface area contributed by atoms with Crippen LogP contribution in [0.15, 0.2) is 36.4 Å². The Morgan fingerprint density at radius 3 is 2.52 bits per heavy atom. The van der Waals surface area contributed by atoms with E-state index in [-0.39, 0.29) is 12.5 Å². The van der Waals surface area contributed by atoms with Crippen molar-refractivity contribution in [3.63, 3.8) is 0 Å². The molecule has 0 radical (unpaired) electrons. The number of aromatic nitrogens is 1. The molecular formula is C22H26N4O2S. The summed E-state index contributed by atoms with van der Waals surface area (Å²) in [4.78, 5) is 21.5. The Bertz CT molecular complexity index is 971. The smallest absolute Gasteiger partial charge is 0.243 e. The van der Waals surface area contributed by atoms with Crippen LogP contribution in [0.3, 0.4) is 0 Å². The number of nitrogens with zero attached hydrogens (tertiary/aromatic N) is 3. The molecule has 2 aromatic carbocycles. The van der Waals surface area contributed by atoms with Crippen LogP contribution in [0, 0.1) is 13.8 Å². The molecule has 6 nitrogen and oxygen atoms in total. The molecule has 1 fully saturated rings. The molecule has 0 bridgehead atoms. The lowest BCUT2D eigenvalue weighted by Crippen LogP contribution is -2.36. The van der Waals surface area contributed by atoms with Crippen molar-refractivity contribution in [1.82, 2.24) is 4.98 Å². The maximum atomic E-state index is 12.5. The fraction of sp³-hybridized carbons (Fsp3) is 0.364. The van der Waals surface area contributed by atoms with Gasteiger partial charge in [0, 0.05) is 31.5 Å². The molecule has 152 valence electrons. The summed E-state index contributed by atoms with van der Waals surface area (Å²) in [5.41, 5.74) is 5.36. The van der Waals surface area contributed by atoms with E-state index >= 15 is 0 Å². The molecule has 0 atom stereocenters. The van der Waals surface area contributed by atoms with E-state index in [9.17, 15) is 4.79 Å². The molecule has 1 saturated heterocycles. The zero-order valence-electron chi connectivity index (χ0n) is 17.1. The standard InChI is InChI=1S/C22H26N4O2S/c1-15-4-5-16(2)21-20(15)24-22(29-21)25(3)14-19(27)23-17-6-8-18(9-7-17)26-10-12-28-13-11-26/h4-9H,10-14H2,1-3H3,(H,23,27). The van der Waals surface area contributed by atoms with E-state index in [0.29, 0.717) is 0 Å². The van der Waals surface area contributed by atoms with E-state index in [0.717, 1.165) is 53.9 Å². The lowest BCUT2D eigenvalue weighted by Gasteiger charge is -2.28. The highest BCUT2D eigenvalue weighted by atomic mass is 32.1. The molecule has 1 N–H and O–H groups in total. The molecule has 0 aliphatic carbocycles. The molecule has 4 rings (SSSR count). The van der Waals surface area contributed by atoms with Crippen molar-refractivity contribution in [3.05, 3.63) is 47.5 Å². The van der Waals surface area contributed by atoms with E-state index in [1.165, 1.54) is 10.3 Å². The van der Waals surface area contributed by atoms with Gasteiger partial charge in [-0.3, -0.25) is 4.79 Å². The van der Waals surface area contributed by atoms with E-state index in [1.807, 2.05) is 36.2 Å². The Balaban J connectivity index is 1.39. The van der Waals surface area contributed by atoms with Crippen LogP contribution in [-0.4, -0.2) is 50.8 Å². The second kappa shape index (κ2) is 8.39. The third kappa shape index (κ3) is 4.36. The molecule has 3 aromatic rings. The molecule has 2 heterocycles. The minimum atomic E-state index is -0.0562. The molecule has 0 saturated carbocycles. The molecule has 29 heavy (non-hydrogen) atoms. The fourth-order valence-corrected chi connectivity index (χ4v) is 4.54. The number of aryl methyl sites for hydroxylation is 2.